The van der Waals surface area contributed by atoms with Crippen LogP contribution in [0.5, 0.6) is 11.5 Å². The monoisotopic (exact) mass is 359 g/mol. The molecule has 1 saturated carbocycles. The Balaban J connectivity index is 1.80. The average molecular weight is 359 g/mol. The number of carbonyl (C=O) groups is 2. The molecule has 2 amide bonds. The number of hydrogen-bond donors (Lipinski definition) is 1. The third-order valence-corrected chi connectivity index (χ3v) is 4.10. The van der Waals surface area contributed by atoms with Crippen molar-refractivity contribution in [3.05, 3.63) is 35.6 Å². The summed E-state index contributed by atoms with van der Waals surface area (Å²) in [5, 5.41) is 6.37. The number of benzene rings is 1. The third kappa shape index (κ3) is 3.79. The summed E-state index contributed by atoms with van der Waals surface area (Å²) in [6.07, 6.45) is 1.72. The van der Waals surface area contributed by atoms with Crippen molar-refractivity contribution in [3.63, 3.8) is 0 Å². The van der Waals surface area contributed by atoms with Gasteiger partial charge >= 0.3 is 0 Å². The molecule has 0 bridgehead atoms. The van der Waals surface area contributed by atoms with Crippen molar-refractivity contribution < 1.29 is 23.6 Å². The van der Waals surface area contributed by atoms with Gasteiger partial charge in [-0.3, -0.25) is 9.59 Å². The lowest BCUT2D eigenvalue weighted by atomic mass is 10.1. The molecule has 3 rings (SSSR count). The van der Waals surface area contributed by atoms with Gasteiger partial charge in [-0.25, -0.2) is 0 Å². The molecule has 8 heteroatoms. The van der Waals surface area contributed by atoms with Crippen molar-refractivity contribution in [2.45, 2.75) is 25.8 Å². The fourth-order valence-electron chi connectivity index (χ4n) is 2.72. The van der Waals surface area contributed by atoms with Crippen LogP contribution in [-0.2, 0) is 4.79 Å². The molecule has 0 radical (unpaired) electrons. The molecule has 0 aliphatic heterocycles. The molecule has 1 fully saturated rings. The van der Waals surface area contributed by atoms with Crippen molar-refractivity contribution in [1.82, 2.24) is 10.1 Å². The van der Waals surface area contributed by atoms with E-state index in [-0.39, 0.29) is 24.4 Å². The second-order valence-electron chi connectivity index (χ2n) is 6.07. The van der Waals surface area contributed by atoms with Crippen LogP contribution in [0.25, 0.3) is 0 Å². The van der Waals surface area contributed by atoms with E-state index in [1.54, 1.807) is 36.1 Å². The summed E-state index contributed by atoms with van der Waals surface area (Å²) >= 11 is 0. The van der Waals surface area contributed by atoms with E-state index in [0.29, 0.717) is 28.6 Å². The van der Waals surface area contributed by atoms with Gasteiger partial charge in [-0.05, 0) is 31.9 Å². The highest BCUT2D eigenvalue weighted by Gasteiger charge is 2.36. The summed E-state index contributed by atoms with van der Waals surface area (Å²) < 4.78 is 15.6. The molecule has 0 atom stereocenters. The first-order valence-corrected chi connectivity index (χ1v) is 8.28. The Bertz CT molecular complexity index is 791. The quantitative estimate of drug-likeness (QED) is 0.815. The predicted octanol–water partition coefficient (Wildman–Crippen LogP) is 2.24. The molecule has 26 heavy (non-hydrogen) atoms. The summed E-state index contributed by atoms with van der Waals surface area (Å²) in [4.78, 5) is 27.0. The number of hydrogen-bond acceptors (Lipinski definition) is 6. The van der Waals surface area contributed by atoms with Crippen molar-refractivity contribution >= 4 is 17.6 Å². The minimum absolute atomic E-state index is 0.0295. The number of methoxy groups -OCH3 is 2. The summed E-state index contributed by atoms with van der Waals surface area (Å²) in [5.41, 5.74) is 0.314. The van der Waals surface area contributed by atoms with Gasteiger partial charge < -0.3 is 24.2 Å². The van der Waals surface area contributed by atoms with Crippen molar-refractivity contribution in [1.29, 1.82) is 0 Å². The minimum Gasteiger partial charge on any atom is -0.496 e. The highest BCUT2D eigenvalue weighted by molar-refractivity contribution is 6.03. The molecule has 2 aromatic rings. The molecule has 0 saturated heterocycles. The highest BCUT2D eigenvalue weighted by atomic mass is 16.5. The standard InChI is InChI=1S/C18H21N3O5/c1-11-9-15(20-26-11)19-16(22)10-21(12-7-8-12)18(23)17-13(24-2)5-4-6-14(17)25-3/h4-6,9,12H,7-8,10H2,1-3H3,(H,19,20,22). The van der Waals surface area contributed by atoms with Gasteiger partial charge in [0.2, 0.25) is 5.91 Å². The maximum Gasteiger partial charge on any atom is 0.262 e. The zero-order chi connectivity index (χ0) is 18.7. The van der Waals surface area contributed by atoms with Gasteiger partial charge in [-0.1, -0.05) is 11.2 Å². The van der Waals surface area contributed by atoms with Gasteiger partial charge in [0.1, 0.15) is 29.4 Å². The molecule has 1 heterocycles. The van der Waals surface area contributed by atoms with Crippen LogP contribution in [0.4, 0.5) is 5.82 Å². The topological polar surface area (TPSA) is 93.9 Å². The van der Waals surface area contributed by atoms with Crippen LogP contribution >= 0.6 is 0 Å². The lowest BCUT2D eigenvalue weighted by Gasteiger charge is -2.23. The Hall–Kier alpha value is -3.03. The molecule has 8 nitrogen and oxygen atoms in total. The largest absolute Gasteiger partial charge is 0.496 e. The van der Waals surface area contributed by atoms with E-state index in [2.05, 4.69) is 10.5 Å². The van der Waals surface area contributed by atoms with Gasteiger partial charge in [0, 0.05) is 12.1 Å². The Morgan fingerprint density at radius 1 is 1.27 bits per heavy atom. The maximum atomic E-state index is 13.1. The zero-order valence-electron chi connectivity index (χ0n) is 14.9. The van der Waals surface area contributed by atoms with Crippen LogP contribution in [-0.4, -0.2) is 48.7 Å². The smallest absolute Gasteiger partial charge is 0.262 e. The molecular weight excluding hydrogens is 338 g/mol. The van der Waals surface area contributed by atoms with Crippen LogP contribution < -0.4 is 14.8 Å². The number of aryl methyl sites for hydroxylation is 1. The summed E-state index contributed by atoms with van der Waals surface area (Å²) in [6.45, 7) is 1.65. The Morgan fingerprint density at radius 2 is 1.92 bits per heavy atom. The fourth-order valence-corrected chi connectivity index (χ4v) is 2.72. The second-order valence-corrected chi connectivity index (χ2v) is 6.07. The van der Waals surface area contributed by atoms with Gasteiger partial charge in [-0.15, -0.1) is 0 Å². The fraction of sp³-hybridized carbons (Fsp3) is 0.389. The Morgan fingerprint density at radius 3 is 2.42 bits per heavy atom. The van der Waals surface area contributed by atoms with E-state index in [1.165, 1.54) is 14.2 Å². The average Bonchev–Trinajstić information content (AvgIpc) is 3.40. The summed E-state index contributed by atoms with van der Waals surface area (Å²) in [5.74, 6) is 1.10. The Kier molecular flexibility index (Phi) is 5.11. The number of anilines is 1. The summed E-state index contributed by atoms with van der Waals surface area (Å²) in [7, 11) is 2.99. The normalized spacial score (nSPS) is 13.2. The summed E-state index contributed by atoms with van der Waals surface area (Å²) in [6, 6.07) is 6.78. The number of nitrogens with zero attached hydrogens (tertiary/aromatic N) is 2. The first kappa shape index (κ1) is 17.8. The maximum absolute atomic E-state index is 13.1. The number of nitrogens with one attached hydrogen (secondary N) is 1. The van der Waals surface area contributed by atoms with Gasteiger partial charge in [0.25, 0.3) is 5.91 Å². The number of ether oxygens (including phenoxy) is 2. The zero-order valence-corrected chi connectivity index (χ0v) is 14.9. The molecule has 1 aromatic carbocycles. The van der Waals surface area contributed by atoms with Crippen LogP contribution in [0.15, 0.2) is 28.8 Å². The minimum atomic E-state index is -0.340. The first-order chi connectivity index (χ1) is 12.5. The van der Waals surface area contributed by atoms with Crippen molar-refractivity contribution in [2.24, 2.45) is 0 Å². The number of rotatable bonds is 7. The van der Waals surface area contributed by atoms with E-state index in [0.717, 1.165) is 12.8 Å². The Labute approximate surface area is 151 Å². The van der Waals surface area contributed by atoms with E-state index in [1.807, 2.05) is 0 Å². The van der Waals surface area contributed by atoms with E-state index in [9.17, 15) is 9.59 Å². The molecule has 138 valence electrons. The van der Waals surface area contributed by atoms with Crippen molar-refractivity contribution in [3.8, 4) is 11.5 Å². The van der Waals surface area contributed by atoms with E-state index in [4.69, 9.17) is 14.0 Å². The van der Waals surface area contributed by atoms with Gasteiger partial charge in [0.05, 0.1) is 14.2 Å². The van der Waals surface area contributed by atoms with Crippen LogP contribution in [0.2, 0.25) is 0 Å². The van der Waals surface area contributed by atoms with Gasteiger partial charge in [-0.2, -0.15) is 0 Å². The highest BCUT2D eigenvalue weighted by Crippen LogP contribution is 2.34. The molecule has 1 aliphatic carbocycles. The molecule has 1 aliphatic rings. The molecule has 0 unspecified atom stereocenters. The van der Waals surface area contributed by atoms with Gasteiger partial charge in [0.15, 0.2) is 5.82 Å². The first-order valence-electron chi connectivity index (χ1n) is 8.28. The number of carbonyl (C=O) groups excluding carboxylic acids is 2. The SMILES string of the molecule is COc1cccc(OC)c1C(=O)N(CC(=O)Nc1cc(C)on1)C1CC1. The molecule has 1 aromatic heterocycles. The van der Waals surface area contributed by atoms with E-state index >= 15 is 0 Å². The number of aromatic nitrogens is 1. The van der Waals surface area contributed by atoms with E-state index < -0.39 is 0 Å². The number of amides is 2. The van der Waals surface area contributed by atoms with Crippen LogP contribution in [0.1, 0.15) is 29.0 Å². The second kappa shape index (κ2) is 7.47. The lowest BCUT2D eigenvalue weighted by Crippen LogP contribution is -2.40. The molecule has 0 spiro atoms. The third-order valence-electron chi connectivity index (χ3n) is 4.10. The van der Waals surface area contributed by atoms with Crippen molar-refractivity contribution in [2.75, 3.05) is 26.1 Å². The predicted molar refractivity (Wildman–Crippen MR) is 93.5 cm³/mol. The van der Waals surface area contributed by atoms with Crippen LogP contribution in [0.3, 0.4) is 0 Å². The molecule has 1 N–H and O–H groups in total. The lowest BCUT2D eigenvalue weighted by molar-refractivity contribution is -0.117. The van der Waals surface area contributed by atoms with Crippen LogP contribution in [0, 0.1) is 6.92 Å². The molecular formula is C18H21N3O5.